The molecule has 4 rings (SSSR count). The second-order valence-corrected chi connectivity index (χ2v) is 9.35. The van der Waals surface area contributed by atoms with Gasteiger partial charge in [-0.3, -0.25) is 14.9 Å². The summed E-state index contributed by atoms with van der Waals surface area (Å²) in [6.07, 6.45) is 3.77. The Morgan fingerprint density at radius 2 is 1.75 bits per heavy atom. The van der Waals surface area contributed by atoms with E-state index < -0.39 is 17.8 Å². The number of barbiturate groups is 1. The molecule has 32 heavy (non-hydrogen) atoms. The number of fused-ring (bicyclic) bond motifs is 1. The van der Waals surface area contributed by atoms with Gasteiger partial charge in [0, 0.05) is 22.3 Å². The van der Waals surface area contributed by atoms with E-state index in [0.717, 1.165) is 38.3 Å². The molecule has 7 heteroatoms. The molecule has 6 nitrogen and oxygen atoms in total. The lowest BCUT2D eigenvalue weighted by Gasteiger charge is -2.42. The molecule has 4 amide bonds. The van der Waals surface area contributed by atoms with E-state index in [4.69, 9.17) is 0 Å². The number of nitrogens with zero attached hydrogens (tertiary/aromatic N) is 2. The van der Waals surface area contributed by atoms with E-state index >= 15 is 0 Å². The van der Waals surface area contributed by atoms with Gasteiger partial charge >= 0.3 is 6.03 Å². The van der Waals surface area contributed by atoms with Gasteiger partial charge in [-0.25, -0.2) is 9.69 Å². The fourth-order valence-corrected chi connectivity index (χ4v) is 4.68. The summed E-state index contributed by atoms with van der Waals surface area (Å²) in [5.41, 5.74) is 4.24. The maximum absolute atomic E-state index is 13.1. The number of allylic oxidation sites excluding steroid dienone is 1. The van der Waals surface area contributed by atoms with Crippen molar-refractivity contribution in [1.82, 2.24) is 5.32 Å². The van der Waals surface area contributed by atoms with Gasteiger partial charge in [-0.15, -0.1) is 0 Å². The van der Waals surface area contributed by atoms with Gasteiger partial charge in [-0.05, 0) is 81.3 Å². The smallest absolute Gasteiger partial charge is 0.335 e. The van der Waals surface area contributed by atoms with Crippen LogP contribution in [0.3, 0.4) is 0 Å². The maximum Gasteiger partial charge on any atom is 0.335 e. The highest BCUT2D eigenvalue weighted by molar-refractivity contribution is 9.10. The summed E-state index contributed by atoms with van der Waals surface area (Å²) in [5.74, 6) is -1.35. The molecule has 164 valence electrons. The van der Waals surface area contributed by atoms with Crippen LogP contribution in [0.25, 0.3) is 11.6 Å². The highest BCUT2D eigenvalue weighted by Crippen LogP contribution is 2.39. The quantitative estimate of drug-likeness (QED) is 0.474. The van der Waals surface area contributed by atoms with Gasteiger partial charge in [-0.1, -0.05) is 28.1 Å². The summed E-state index contributed by atoms with van der Waals surface area (Å²) >= 11 is 3.34. The molecule has 1 N–H and O–H groups in total. The number of amides is 4. The van der Waals surface area contributed by atoms with Crippen LogP contribution in [-0.4, -0.2) is 29.9 Å². The zero-order valence-electron chi connectivity index (χ0n) is 18.4. The number of rotatable bonds is 3. The number of carbonyl (C=O) groups is 3. The lowest BCUT2D eigenvalue weighted by atomic mass is 9.88. The summed E-state index contributed by atoms with van der Waals surface area (Å²) in [5, 5.41) is 2.27. The minimum absolute atomic E-state index is 0.0856. The lowest BCUT2D eigenvalue weighted by Crippen LogP contribution is -2.54. The number of anilines is 2. The van der Waals surface area contributed by atoms with Crippen molar-refractivity contribution in [1.29, 1.82) is 0 Å². The van der Waals surface area contributed by atoms with Gasteiger partial charge in [0.1, 0.15) is 5.57 Å². The number of halogens is 1. The molecule has 0 atom stereocenters. The fourth-order valence-electron chi connectivity index (χ4n) is 4.42. The van der Waals surface area contributed by atoms with E-state index in [2.05, 4.69) is 59.9 Å². The van der Waals surface area contributed by atoms with Crippen molar-refractivity contribution in [2.75, 3.05) is 16.3 Å². The van der Waals surface area contributed by atoms with Gasteiger partial charge in [0.15, 0.2) is 0 Å². The number of benzene rings is 2. The number of hydrogen-bond acceptors (Lipinski definition) is 4. The van der Waals surface area contributed by atoms with Crippen molar-refractivity contribution in [3.05, 3.63) is 69.7 Å². The number of imide groups is 2. The van der Waals surface area contributed by atoms with Gasteiger partial charge in [0.2, 0.25) is 0 Å². The summed E-state index contributed by atoms with van der Waals surface area (Å²) in [6.45, 7) is 9.40. The third-order valence-electron chi connectivity index (χ3n) is 5.82. The first-order valence-electron chi connectivity index (χ1n) is 10.4. The van der Waals surface area contributed by atoms with E-state index in [1.807, 2.05) is 18.2 Å². The summed E-state index contributed by atoms with van der Waals surface area (Å²) in [6, 6.07) is 11.9. The van der Waals surface area contributed by atoms with Crippen molar-refractivity contribution in [2.24, 2.45) is 0 Å². The highest BCUT2D eigenvalue weighted by Gasteiger charge is 2.37. The van der Waals surface area contributed by atoms with Crippen LogP contribution in [0.2, 0.25) is 0 Å². The Morgan fingerprint density at radius 3 is 2.41 bits per heavy atom. The number of hydrogen-bond donors (Lipinski definition) is 1. The molecule has 2 aliphatic heterocycles. The van der Waals surface area contributed by atoms with E-state index in [0.29, 0.717) is 5.69 Å². The van der Waals surface area contributed by atoms with Crippen LogP contribution in [0.4, 0.5) is 16.2 Å². The lowest BCUT2D eigenvalue weighted by molar-refractivity contribution is -0.122. The molecule has 1 saturated heterocycles. The van der Waals surface area contributed by atoms with Crippen LogP contribution in [0.1, 0.15) is 38.8 Å². The number of nitrogens with one attached hydrogen (secondary N) is 1. The van der Waals surface area contributed by atoms with Crippen LogP contribution in [-0.2, 0) is 9.59 Å². The molecule has 0 radical (unpaired) electrons. The van der Waals surface area contributed by atoms with Crippen molar-refractivity contribution in [3.63, 3.8) is 0 Å². The molecular weight excluding hydrogens is 470 g/mol. The van der Waals surface area contributed by atoms with Crippen LogP contribution in [0.15, 0.2) is 58.6 Å². The Labute approximate surface area is 195 Å². The Balaban J connectivity index is 1.74. The molecule has 2 heterocycles. The molecule has 0 aliphatic carbocycles. The SMILES string of the molecule is CCN1c2ccc(/C=C3\C(=O)NC(=O)N(c4ccc(Br)cc4)C3=O)cc2C(C)=CC1(C)C. The van der Waals surface area contributed by atoms with Gasteiger partial charge in [0.05, 0.1) is 11.2 Å². The molecule has 0 spiro atoms. The average molecular weight is 494 g/mol. The third kappa shape index (κ3) is 3.77. The largest absolute Gasteiger partial charge is 0.363 e. The Hall–Kier alpha value is -3.19. The molecule has 0 bridgehead atoms. The predicted molar refractivity (Wildman–Crippen MR) is 130 cm³/mol. The Kier molecular flexibility index (Phi) is 5.54. The summed E-state index contributed by atoms with van der Waals surface area (Å²) in [4.78, 5) is 41.3. The number of carbonyl (C=O) groups excluding carboxylic acids is 3. The highest BCUT2D eigenvalue weighted by atomic mass is 79.9. The molecule has 2 aromatic carbocycles. The topological polar surface area (TPSA) is 69.7 Å². The van der Waals surface area contributed by atoms with E-state index in [-0.39, 0.29) is 11.1 Å². The van der Waals surface area contributed by atoms with Crippen LogP contribution < -0.4 is 15.1 Å². The summed E-state index contributed by atoms with van der Waals surface area (Å²) in [7, 11) is 0. The second kappa shape index (κ2) is 8.06. The maximum atomic E-state index is 13.1. The zero-order valence-corrected chi connectivity index (χ0v) is 20.0. The van der Waals surface area contributed by atoms with Crippen LogP contribution >= 0.6 is 15.9 Å². The minimum atomic E-state index is -0.760. The molecule has 0 aromatic heterocycles. The number of likely N-dealkylation sites (N-methyl/N-ethyl adjacent to an activating group) is 1. The first-order chi connectivity index (χ1) is 15.1. The van der Waals surface area contributed by atoms with Crippen molar-refractivity contribution < 1.29 is 14.4 Å². The van der Waals surface area contributed by atoms with Gasteiger partial charge < -0.3 is 4.90 Å². The predicted octanol–water partition coefficient (Wildman–Crippen LogP) is 5.14. The first kappa shape index (κ1) is 22.0. The van der Waals surface area contributed by atoms with E-state index in [1.54, 1.807) is 30.3 Å². The molecule has 1 fully saturated rings. The van der Waals surface area contributed by atoms with Crippen molar-refractivity contribution >= 4 is 56.8 Å². The Morgan fingerprint density at radius 1 is 1.06 bits per heavy atom. The number of urea groups is 1. The fraction of sp³-hybridized carbons (Fsp3) is 0.240. The van der Waals surface area contributed by atoms with E-state index in [1.165, 1.54) is 0 Å². The monoisotopic (exact) mass is 493 g/mol. The molecule has 2 aromatic rings. The zero-order chi connectivity index (χ0) is 23.2. The standard InChI is InChI=1S/C25H24BrN3O3/c1-5-28-21-11-6-16(12-19(21)15(2)14-25(28,3)4)13-20-22(30)27-24(32)29(23(20)31)18-9-7-17(26)8-10-18/h6-14H,5H2,1-4H3,(H,27,30,32)/b20-13+. The van der Waals surface area contributed by atoms with Gasteiger partial charge in [-0.2, -0.15) is 0 Å². The van der Waals surface area contributed by atoms with Crippen LogP contribution in [0, 0.1) is 0 Å². The van der Waals surface area contributed by atoms with Crippen molar-refractivity contribution in [2.45, 2.75) is 33.2 Å². The van der Waals surface area contributed by atoms with Crippen LogP contribution in [0.5, 0.6) is 0 Å². The Bertz CT molecular complexity index is 1200. The molecular formula is C25H24BrN3O3. The second-order valence-electron chi connectivity index (χ2n) is 8.44. The minimum Gasteiger partial charge on any atom is -0.363 e. The molecule has 0 unspecified atom stereocenters. The first-order valence-corrected chi connectivity index (χ1v) is 11.2. The normalized spacial score (nSPS) is 19.1. The molecule has 0 saturated carbocycles. The van der Waals surface area contributed by atoms with E-state index in [9.17, 15) is 14.4 Å². The molecule has 2 aliphatic rings. The average Bonchev–Trinajstić information content (AvgIpc) is 2.72. The van der Waals surface area contributed by atoms with Crippen molar-refractivity contribution in [3.8, 4) is 0 Å². The summed E-state index contributed by atoms with van der Waals surface area (Å²) < 4.78 is 0.819. The third-order valence-corrected chi connectivity index (χ3v) is 6.34. The van der Waals surface area contributed by atoms with Gasteiger partial charge in [0.25, 0.3) is 11.8 Å².